The van der Waals surface area contributed by atoms with E-state index in [-0.39, 0.29) is 25.2 Å². The molecule has 54 heavy (non-hydrogen) atoms. The molecular formula is C49H88O5. The standard InChI is InChI=1S/C49H88O5/c1-4-7-10-13-16-19-21-23-25-26-28-31-33-36-39-42-48(50)53-46-47(54-49(51)43-40-37-34-30-18-15-12-9-6-3)45-52-44-41-38-35-32-29-27-24-22-20-17-14-11-8-5-2/h8,11,17,20,23-25,27,47H,4-7,9-10,12-16,18-19,21-22,26,28-46H2,1-3H3/b11-8-,20-17-,25-23-,27-24-. The lowest BCUT2D eigenvalue weighted by Crippen LogP contribution is -2.30. The summed E-state index contributed by atoms with van der Waals surface area (Å²) in [5.41, 5.74) is 0. The third-order valence-corrected chi connectivity index (χ3v) is 9.85. The zero-order valence-electron chi connectivity index (χ0n) is 36.0. The number of carbonyl (C=O) groups excluding carboxylic acids is 2. The summed E-state index contributed by atoms with van der Waals surface area (Å²) in [6.07, 6.45) is 54.0. The molecule has 0 spiro atoms. The molecule has 0 saturated carbocycles. The summed E-state index contributed by atoms with van der Waals surface area (Å²) < 4.78 is 17.3. The van der Waals surface area contributed by atoms with Crippen molar-refractivity contribution in [3.63, 3.8) is 0 Å². The molecule has 0 N–H and O–H groups in total. The molecule has 0 rings (SSSR count). The summed E-state index contributed by atoms with van der Waals surface area (Å²) in [7, 11) is 0. The first kappa shape index (κ1) is 51.9. The van der Waals surface area contributed by atoms with Gasteiger partial charge in [-0.1, -0.05) is 185 Å². The molecule has 0 aromatic heterocycles. The lowest BCUT2D eigenvalue weighted by molar-refractivity contribution is -0.163. The summed E-state index contributed by atoms with van der Waals surface area (Å²) in [5.74, 6) is -0.418. The van der Waals surface area contributed by atoms with Gasteiger partial charge in [0.15, 0.2) is 6.10 Å². The van der Waals surface area contributed by atoms with Crippen molar-refractivity contribution in [2.75, 3.05) is 19.8 Å². The van der Waals surface area contributed by atoms with Gasteiger partial charge in [0.05, 0.1) is 6.61 Å². The van der Waals surface area contributed by atoms with Crippen molar-refractivity contribution in [1.82, 2.24) is 0 Å². The molecule has 5 heteroatoms. The average molecular weight is 757 g/mol. The highest BCUT2D eigenvalue weighted by Gasteiger charge is 2.17. The van der Waals surface area contributed by atoms with Gasteiger partial charge in [-0.25, -0.2) is 0 Å². The maximum Gasteiger partial charge on any atom is 0.306 e. The fourth-order valence-corrected chi connectivity index (χ4v) is 6.40. The number of ether oxygens (including phenoxy) is 3. The molecule has 0 aromatic rings. The van der Waals surface area contributed by atoms with Gasteiger partial charge in [0.25, 0.3) is 0 Å². The molecule has 0 bridgehead atoms. The SMILES string of the molecule is CC/C=C\C/C=C\C/C=C\CCCCCCOCC(COC(=O)CCCCCCC/C=C\CCCCCCCC)OC(=O)CCCCCCCCCCC. The average Bonchev–Trinajstić information content (AvgIpc) is 3.17. The summed E-state index contributed by atoms with van der Waals surface area (Å²) in [5, 5.41) is 0. The Bertz CT molecular complexity index is 904. The smallest absolute Gasteiger partial charge is 0.306 e. The monoisotopic (exact) mass is 757 g/mol. The number of esters is 2. The molecule has 5 nitrogen and oxygen atoms in total. The van der Waals surface area contributed by atoms with Crippen molar-refractivity contribution in [3.05, 3.63) is 48.6 Å². The molecule has 0 fully saturated rings. The van der Waals surface area contributed by atoms with E-state index < -0.39 is 6.10 Å². The second kappa shape index (κ2) is 45.3. The molecule has 0 saturated heterocycles. The Morgan fingerprint density at radius 1 is 0.426 bits per heavy atom. The number of allylic oxidation sites excluding steroid dienone is 8. The first-order valence-electron chi connectivity index (χ1n) is 23.2. The molecule has 1 unspecified atom stereocenters. The van der Waals surface area contributed by atoms with Gasteiger partial charge in [-0.3, -0.25) is 9.59 Å². The maximum atomic E-state index is 12.7. The topological polar surface area (TPSA) is 61.8 Å². The van der Waals surface area contributed by atoms with E-state index in [1.807, 2.05) is 0 Å². The van der Waals surface area contributed by atoms with Crippen LogP contribution in [0.2, 0.25) is 0 Å². The molecule has 0 aliphatic carbocycles. The number of hydrogen-bond donors (Lipinski definition) is 0. The van der Waals surface area contributed by atoms with Crippen LogP contribution in [0.15, 0.2) is 48.6 Å². The van der Waals surface area contributed by atoms with E-state index in [0.717, 1.165) is 77.0 Å². The third-order valence-electron chi connectivity index (χ3n) is 9.85. The quantitative estimate of drug-likeness (QED) is 0.0353. The highest BCUT2D eigenvalue weighted by atomic mass is 16.6. The van der Waals surface area contributed by atoms with Gasteiger partial charge in [-0.2, -0.15) is 0 Å². The van der Waals surface area contributed by atoms with Gasteiger partial charge in [0, 0.05) is 19.4 Å². The van der Waals surface area contributed by atoms with Crippen molar-refractivity contribution in [3.8, 4) is 0 Å². The van der Waals surface area contributed by atoms with Gasteiger partial charge in [-0.05, 0) is 77.0 Å². The van der Waals surface area contributed by atoms with E-state index in [1.54, 1.807) is 0 Å². The molecule has 1 atom stereocenters. The van der Waals surface area contributed by atoms with Crippen molar-refractivity contribution >= 4 is 11.9 Å². The summed E-state index contributed by atoms with van der Waals surface area (Å²) in [6, 6.07) is 0. The Morgan fingerprint density at radius 3 is 1.35 bits per heavy atom. The van der Waals surface area contributed by atoms with Gasteiger partial charge in [-0.15, -0.1) is 0 Å². The Morgan fingerprint density at radius 2 is 0.833 bits per heavy atom. The summed E-state index contributed by atoms with van der Waals surface area (Å²) >= 11 is 0. The fourth-order valence-electron chi connectivity index (χ4n) is 6.40. The molecule has 0 aliphatic rings. The van der Waals surface area contributed by atoms with Crippen LogP contribution in [-0.4, -0.2) is 37.9 Å². The number of carbonyl (C=O) groups is 2. The zero-order chi connectivity index (χ0) is 39.3. The minimum absolute atomic E-state index is 0.0738. The maximum absolute atomic E-state index is 12.7. The molecule has 0 aliphatic heterocycles. The van der Waals surface area contributed by atoms with Crippen molar-refractivity contribution in [2.45, 2.75) is 232 Å². The number of hydrogen-bond acceptors (Lipinski definition) is 5. The van der Waals surface area contributed by atoms with Crippen molar-refractivity contribution in [2.24, 2.45) is 0 Å². The molecule has 0 radical (unpaired) electrons. The largest absolute Gasteiger partial charge is 0.462 e. The summed E-state index contributed by atoms with van der Waals surface area (Å²) in [6.45, 7) is 7.65. The molecule has 0 amide bonds. The minimum Gasteiger partial charge on any atom is -0.462 e. The number of unbranched alkanes of at least 4 members (excludes halogenated alkanes) is 23. The van der Waals surface area contributed by atoms with Gasteiger partial charge < -0.3 is 14.2 Å². The number of rotatable bonds is 42. The normalized spacial score (nSPS) is 12.6. The zero-order valence-corrected chi connectivity index (χ0v) is 36.0. The van der Waals surface area contributed by atoms with Crippen LogP contribution in [0.25, 0.3) is 0 Å². The molecular weight excluding hydrogens is 669 g/mol. The van der Waals surface area contributed by atoms with E-state index in [0.29, 0.717) is 19.4 Å². The highest BCUT2D eigenvalue weighted by Crippen LogP contribution is 2.13. The van der Waals surface area contributed by atoms with Gasteiger partial charge >= 0.3 is 11.9 Å². The van der Waals surface area contributed by atoms with Crippen LogP contribution >= 0.6 is 0 Å². The predicted octanol–water partition coefficient (Wildman–Crippen LogP) is 15.2. The van der Waals surface area contributed by atoms with E-state index in [1.165, 1.54) is 116 Å². The van der Waals surface area contributed by atoms with Crippen LogP contribution in [0.5, 0.6) is 0 Å². The van der Waals surface area contributed by atoms with Crippen molar-refractivity contribution < 1.29 is 23.8 Å². The Hall–Kier alpha value is -2.14. The van der Waals surface area contributed by atoms with Crippen LogP contribution in [0.3, 0.4) is 0 Å². The Kier molecular flexibility index (Phi) is 43.5. The first-order valence-corrected chi connectivity index (χ1v) is 23.2. The molecule has 0 aromatic carbocycles. The van der Waals surface area contributed by atoms with E-state index in [4.69, 9.17) is 14.2 Å². The summed E-state index contributed by atoms with van der Waals surface area (Å²) in [4.78, 5) is 25.2. The minimum atomic E-state index is -0.545. The highest BCUT2D eigenvalue weighted by molar-refractivity contribution is 5.70. The third kappa shape index (κ3) is 42.6. The Balaban J connectivity index is 4.25. The lowest BCUT2D eigenvalue weighted by Gasteiger charge is -2.18. The fraction of sp³-hybridized carbons (Fsp3) is 0.796. The molecule has 0 heterocycles. The lowest BCUT2D eigenvalue weighted by atomic mass is 10.1. The predicted molar refractivity (Wildman–Crippen MR) is 233 cm³/mol. The van der Waals surface area contributed by atoms with E-state index in [9.17, 15) is 9.59 Å². The Labute approximate surface area is 335 Å². The van der Waals surface area contributed by atoms with Crippen LogP contribution in [0.1, 0.15) is 226 Å². The second-order valence-electron chi connectivity index (χ2n) is 15.3. The van der Waals surface area contributed by atoms with Crippen LogP contribution in [-0.2, 0) is 23.8 Å². The second-order valence-corrected chi connectivity index (χ2v) is 15.3. The van der Waals surface area contributed by atoms with Crippen LogP contribution in [0.4, 0.5) is 0 Å². The van der Waals surface area contributed by atoms with E-state index in [2.05, 4.69) is 69.4 Å². The van der Waals surface area contributed by atoms with E-state index >= 15 is 0 Å². The van der Waals surface area contributed by atoms with Crippen LogP contribution in [0, 0.1) is 0 Å². The van der Waals surface area contributed by atoms with Crippen molar-refractivity contribution in [1.29, 1.82) is 0 Å². The van der Waals surface area contributed by atoms with Gasteiger partial charge in [0.1, 0.15) is 6.61 Å². The van der Waals surface area contributed by atoms with Gasteiger partial charge in [0.2, 0.25) is 0 Å². The molecule has 314 valence electrons. The first-order chi connectivity index (χ1) is 26.6. The van der Waals surface area contributed by atoms with Crippen LogP contribution < -0.4 is 0 Å².